The van der Waals surface area contributed by atoms with Crippen LogP contribution in [0, 0.1) is 0 Å². The molecule has 0 N–H and O–H groups in total. The van der Waals surface area contributed by atoms with Crippen LogP contribution in [0.1, 0.15) is 18.5 Å². The topological polar surface area (TPSA) is 34.0 Å². The molecule has 14 heavy (non-hydrogen) atoms. The zero-order chi connectivity index (χ0) is 9.80. The van der Waals surface area contributed by atoms with Gasteiger partial charge < -0.3 is 4.90 Å². The molecule has 0 aromatic carbocycles. The third-order valence-electron chi connectivity index (χ3n) is 2.57. The van der Waals surface area contributed by atoms with Gasteiger partial charge in [-0.05, 0) is 25.9 Å². The Morgan fingerprint density at radius 1 is 1.29 bits per heavy atom. The van der Waals surface area contributed by atoms with Gasteiger partial charge in [-0.25, -0.2) is 0 Å². The van der Waals surface area contributed by atoms with Gasteiger partial charge in [-0.2, -0.15) is 0 Å². The van der Waals surface area contributed by atoms with Crippen LogP contribution in [-0.2, 0) is 11.9 Å². The minimum atomic E-state index is 0.788. The second-order valence-corrected chi connectivity index (χ2v) is 4.22. The van der Waals surface area contributed by atoms with E-state index in [-0.39, 0.29) is 0 Å². The van der Waals surface area contributed by atoms with Crippen molar-refractivity contribution < 1.29 is 0 Å². The van der Waals surface area contributed by atoms with Crippen molar-refractivity contribution in [2.24, 2.45) is 0 Å². The predicted octanol–water partition coefficient (Wildman–Crippen LogP) is 1.27. The monoisotopic (exact) mass is 258 g/mol. The maximum atomic E-state index is 4.06. The van der Waals surface area contributed by atoms with Gasteiger partial charge in [0.15, 0.2) is 0 Å². The van der Waals surface area contributed by atoms with Crippen molar-refractivity contribution in [3.8, 4) is 0 Å². The molecule has 2 rings (SSSR count). The number of alkyl halides is 1. The first-order valence-electron chi connectivity index (χ1n) is 5.06. The first-order valence-corrected chi connectivity index (χ1v) is 6.18. The summed E-state index contributed by atoms with van der Waals surface area (Å²) in [5, 5.41) is 8.87. The van der Waals surface area contributed by atoms with Gasteiger partial charge in [-0.15, -0.1) is 5.10 Å². The van der Waals surface area contributed by atoms with Crippen LogP contribution < -0.4 is 0 Å². The van der Waals surface area contributed by atoms with E-state index < -0.39 is 0 Å². The molecule has 78 valence electrons. The number of halogens is 1. The molecule has 0 bridgehead atoms. The fourth-order valence-electron chi connectivity index (χ4n) is 1.76. The van der Waals surface area contributed by atoms with E-state index in [1.807, 2.05) is 10.9 Å². The number of likely N-dealkylation sites (tertiary alicyclic amines) is 1. The molecule has 1 fully saturated rings. The standard InChI is InChI=1S/C9H15BrN4/c10-7-9-8-14(12-11-9)6-5-13-3-1-2-4-13/h8H,1-7H2. The van der Waals surface area contributed by atoms with Crippen molar-refractivity contribution in [1.82, 2.24) is 19.9 Å². The predicted molar refractivity (Wildman–Crippen MR) is 58.3 cm³/mol. The molecule has 2 heterocycles. The van der Waals surface area contributed by atoms with E-state index in [0.717, 1.165) is 24.1 Å². The molecule has 0 saturated carbocycles. The van der Waals surface area contributed by atoms with Gasteiger partial charge in [0, 0.05) is 18.1 Å². The third kappa shape index (κ3) is 2.54. The smallest absolute Gasteiger partial charge is 0.0932 e. The molecule has 4 nitrogen and oxygen atoms in total. The average Bonchev–Trinajstić information content (AvgIpc) is 2.86. The number of rotatable bonds is 4. The van der Waals surface area contributed by atoms with Gasteiger partial charge in [-0.1, -0.05) is 21.1 Å². The number of hydrogen-bond donors (Lipinski definition) is 0. The molecule has 5 heteroatoms. The third-order valence-corrected chi connectivity index (χ3v) is 3.14. The molecule has 0 amide bonds. The van der Waals surface area contributed by atoms with Crippen molar-refractivity contribution in [2.75, 3.05) is 19.6 Å². The molecule has 1 aliphatic rings. The van der Waals surface area contributed by atoms with E-state index in [4.69, 9.17) is 0 Å². The molecule has 1 aliphatic heterocycles. The van der Waals surface area contributed by atoms with Gasteiger partial charge in [-0.3, -0.25) is 4.68 Å². The van der Waals surface area contributed by atoms with Crippen LogP contribution in [0.2, 0.25) is 0 Å². The normalized spacial score (nSPS) is 17.8. The second-order valence-electron chi connectivity index (χ2n) is 3.66. The summed E-state index contributed by atoms with van der Waals surface area (Å²) in [5.41, 5.74) is 1.01. The average molecular weight is 259 g/mol. The lowest BCUT2D eigenvalue weighted by molar-refractivity contribution is 0.314. The largest absolute Gasteiger partial charge is 0.301 e. The van der Waals surface area contributed by atoms with E-state index in [1.165, 1.54) is 25.9 Å². The molecule has 1 aromatic heterocycles. The Kier molecular flexibility index (Phi) is 3.53. The Morgan fingerprint density at radius 3 is 2.71 bits per heavy atom. The van der Waals surface area contributed by atoms with Gasteiger partial charge in [0.05, 0.1) is 12.2 Å². The minimum absolute atomic E-state index is 0.788. The van der Waals surface area contributed by atoms with Gasteiger partial charge >= 0.3 is 0 Å². The molecule has 0 spiro atoms. The minimum Gasteiger partial charge on any atom is -0.301 e. The zero-order valence-electron chi connectivity index (χ0n) is 8.19. The molecule has 1 aromatic rings. The first kappa shape index (κ1) is 10.1. The summed E-state index contributed by atoms with van der Waals surface area (Å²) in [6, 6.07) is 0. The quantitative estimate of drug-likeness (QED) is 0.763. The lowest BCUT2D eigenvalue weighted by Gasteiger charge is -2.13. The highest BCUT2D eigenvalue weighted by Crippen LogP contribution is 2.07. The van der Waals surface area contributed by atoms with E-state index in [9.17, 15) is 0 Å². The summed E-state index contributed by atoms with van der Waals surface area (Å²) in [7, 11) is 0. The lowest BCUT2D eigenvalue weighted by Crippen LogP contribution is -2.24. The SMILES string of the molecule is BrCc1cn(CCN2CCCC2)nn1. The van der Waals surface area contributed by atoms with Crippen LogP contribution in [0.4, 0.5) is 0 Å². The van der Waals surface area contributed by atoms with E-state index in [0.29, 0.717) is 0 Å². The maximum absolute atomic E-state index is 4.06. The van der Waals surface area contributed by atoms with E-state index >= 15 is 0 Å². The summed E-state index contributed by atoms with van der Waals surface area (Å²) in [6.07, 6.45) is 4.71. The maximum Gasteiger partial charge on any atom is 0.0932 e. The molecule has 0 radical (unpaired) electrons. The fourth-order valence-corrected chi connectivity index (χ4v) is 2.02. The van der Waals surface area contributed by atoms with Crippen molar-refractivity contribution in [1.29, 1.82) is 0 Å². The van der Waals surface area contributed by atoms with Crippen molar-refractivity contribution in [3.63, 3.8) is 0 Å². The van der Waals surface area contributed by atoms with Crippen LogP contribution in [0.15, 0.2) is 6.20 Å². The lowest BCUT2D eigenvalue weighted by atomic mass is 10.4. The summed E-state index contributed by atoms with van der Waals surface area (Å²) in [5.74, 6) is 0. The Labute approximate surface area is 92.4 Å². The van der Waals surface area contributed by atoms with Gasteiger partial charge in [0.2, 0.25) is 0 Å². The van der Waals surface area contributed by atoms with Crippen LogP contribution >= 0.6 is 15.9 Å². The van der Waals surface area contributed by atoms with Gasteiger partial charge in [0.25, 0.3) is 0 Å². The highest BCUT2D eigenvalue weighted by atomic mass is 79.9. The van der Waals surface area contributed by atoms with Crippen molar-refractivity contribution in [3.05, 3.63) is 11.9 Å². The second kappa shape index (κ2) is 4.89. The van der Waals surface area contributed by atoms with Crippen LogP contribution in [-0.4, -0.2) is 39.5 Å². The molecule has 0 aliphatic carbocycles. The molecule has 0 atom stereocenters. The van der Waals surface area contributed by atoms with Crippen LogP contribution in [0.5, 0.6) is 0 Å². The van der Waals surface area contributed by atoms with Crippen LogP contribution in [0.3, 0.4) is 0 Å². The Morgan fingerprint density at radius 2 is 2.07 bits per heavy atom. The zero-order valence-corrected chi connectivity index (χ0v) is 9.78. The van der Waals surface area contributed by atoms with E-state index in [2.05, 4.69) is 31.1 Å². The van der Waals surface area contributed by atoms with Crippen LogP contribution in [0.25, 0.3) is 0 Å². The number of hydrogen-bond acceptors (Lipinski definition) is 3. The molecule has 0 unspecified atom stereocenters. The first-order chi connectivity index (χ1) is 6.88. The highest BCUT2D eigenvalue weighted by molar-refractivity contribution is 9.08. The molecular formula is C9H15BrN4. The fraction of sp³-hybridized carbons (Fsp3) is 0.778. The number of nitrogens with zero attached hydrogens (tertiary/aromatic N) is 4. The molecular weight excluding hydrogens is 244 g/mol. The highest BCUT2D eigenvalue weighted by Gasteiger charge is 2.10. The summed E-state index contributed by atoms with van der Waals surface area (Å²) < 4.78 is 1.93. The molecule has 1 saturated heterocycles. The summed E-state index contributed by atoms with van der Waals surface area (Å²) >= 11 is 3.36. The Bertz CT molecular complexity index is 280. The summed E-state index contributed by atoms with van der Waals surface area (Å²) in [6.45, 7) is 4.56. The Balaban J connectivity index is 1.79. The summed E-state index contributed by atoms with van der Waals surface area (Å²) in [4.78, 5) is 2.48. The van der Waals surface area contributed by atoms with E-state index in [1.54, 1.807) is 0 Å². The Hall–Kier alpha value is -0.420. The van der Waals surface area contributed by atoms with Crippen molar-refractivity contribution in [2.45, 2.75) is 24.7 Å². The van der Waals surface area contributed by atoms with Gasteiger partial charge in [0.1, 0.15) is 0 Å². The van der Waals surface area contributed by atoms with Crippen molar-refractivity contribution >= 4 is 15.9 Å². The number of aromatic nitrogens is 3.